The number of aliphatic hydroxyl groups excluding tert-OH is 5. The largest absolute Gasteiger partial charge is 0.756 e. The van der Waals surface area contributed by atoms with Crippen molar-refractivity contribution in [2.45, 2.75) is 55.2 Å². The van der Waals surface area contributed by atoms with Crippen LogP contribution < -0.4 is 26.4 Å². The summed E-state index contributed by atoms with van der Waals surface area (Å²) in [5.74, 6) is -0.948. The number of nitrogens with zero attached hydrogens (tertiary/aromatic N) is 1. The van der Waals surface area contributed by atoms with Crippen molar-refractivity contribution in [3.05, 3.63) is 33.1 Å². The predicted octanol–water partition coefficient (Wildman–Crippen LogP) is -6.27. The van der Waals surface area contributed by atoms with Crippen LogP contribution in [0.5, 0.6) is 0 Å². The molecule has 0 saturated carbocycles. The second-order valence-corrected chi connectivity index (χ2v) is 12.2. The first-order valence-corrected chi connectivity index (χ1v) is 15.5. The normalized spacial score (nSPS) is 33.4. The van der Waals surface area contributed by atoms with Crippen molar-refractivity contribution in [2.24, 2.45) is 0 Å². The van der Waals surface area contributed by atoms with E-state index in [-0.39, 0.29) is 13.2 Å². The van der Waals surface area contributed by atoms with Gasteiger partial charge >= 0.3 is 5.69 Å². The Morgan fingerprint density at radius 2 is 1.73 bits per heavy atom. The van der Waals surface area contributed by atoms with Crippen molar-refractivity contribution in [2.75, 3.05) is 40.1 Å². The van der Waals surface area contributed by atoms with Crippen LogP contribution in [-0.4, -0.2) is 130 Å². The summed E-state index contributed by atoms with van der Waals surface area (Å²) in [6.45, 7) is -2.61. The van der Waals surface area contributed by atoms with E-state index in [9.17, 15) is 58.8 Å². The van der Waals surface area contributed by atoms with Gasteiger partial charge in [0, 0.05) is 19.4 Å². The number of aliphatic hydroxyl groups is 5. The molecule has 1 aromatic rings. The molecule has 44 heavy (non-hydrogen) atoms. The molecule has 0 bridgehead atoms. The minimum absolute atomic E-state index is 0.0145. The van der Waals surface area contributed by atoms with Gasteiger partial charge in [-0.1, -0.05) is 0 Å². The van der Waals surface area contributed by atoms with Gasteiger partial charge in [-0.15, -0.1) is 0 Å². The summed E-state index contributed by atoms with van der Waals surface area (Å²) in [5.41, 5.74) is -1.80. The number of nitrogens with one attached hydrogen (secondary N) is 2. The summed E-state index contributed by atoms with van der Waals surface area (Å²) in [7, 11) is -10.5. The van der Waals surface area contributed by atoms with E-state index < -0.39 is 108 Å². The molecule has 1 aromatic heterocycles. The maximum absolute atomic E-state index is 12.5. The Hall–Kier alpha value is -1.95. The van der Waals surface area contributed by atoms with Crippen molar-refractivity contribution in [3.8, 4) is 0 Å². The van der Waals surface area contributed by atoms with Gasteiger partial charge in [0.1, 0.15) is 49.3 Å². The Kier molecular flexibility index (Phi) is 12.9. The van der Waals surface area contributed by atoms with Crippen molar-refractivity contribution in [1.29, 1.82) is 0 Å². The monoisotopic (exact) mass is 679 g/mol. The Balaban J connectivity index is 1.64. The molecule has 0 aromatic carbocycles. The van der Waals surface area contributed by atoms with Crippen LogP contribution in [0.15, 0.2) is 21.9 Å². The van der Waals surface area contributed by atoms with Gasteiger partial charge in [-0.2, -0.15) is 0 Å². The van der Waals surface area contributed by atoms with Gasteiger partial charge < -0.3 is 64.1 Å². The smallest absolute Gasteiger partial charge is 0.330 e. The zero-order valence-corrected chi connectivity index (χ0v) is 24.5. The third-order valence-electron chi connectivity index (χ3n) is 6.17. The number of aromatic amines is 1. The average molecular weight is 679 g/mol. The van der Waals surface area contributed by atoms with Gasteiger partial charge in [0.05, 0.1) is 26.4 Å². The van der Waals surface area contributed by atoms with Crippen molar-refractivity contribution in [1.82, 2.24) is 14.9 Å². The number of aromatic nitrogens is 2. The lowest BCUT2D eigenvalue weighted by atomic mass is 9.97. The highest BCUT2D eigenvalue weighted by molar-refractivity contribution is 7.59. The van der Waals surface area contributed by atoms with E-state index in [1.807, 2.05) is 4.98 Å². The van der Waals surface area contributed by atoms with Crippen LogP contribution in [-0.2, 0) is 46.2 Å². The minimum Gasteiger partial charge on any atom is -0.756 e. The highest BCUT2D eigenvalue weighted by Crippen LogP contribution is 2.57. The summed E-state index contributed by atoms with van der Waals surface area (Å²) < 4.78 is 58.6. The number of rotatable bonds is 15. The van der Waals surface area contributed by atoms with E-state index in [2.05, 4.69) is 18.7 Å². The van der Waals surface area contributed by atoms with Crippen LogP contribution in [0.3, 0.4) is 0 Å². The lowest BCUT2D eigenvalue weighted by molar-refractivity contribution is -0.285. The van der Waals surface area contributed by atoms with E-state index in [4.69, 9.17) is 18.9 Å². The van der Waals surface area contributed by atoms with Gasteiger partial charge in [0.2, 0.25) is 5.91 Å². The molecule has 0 aliphatic carbocycles. The number of phosphoric acid groups is 2. The topological polar surface area (TPSA) is 330 Å². The molecule has 252 valence electrons. The van der Waals surface area contributed by atoms with Crippen molar-refractivity contribution < 1.29 is 81.5 Å². The summed E-state index contributed by atoms with van der Waals surface area (Å²) in [4.78, 5) is 62.1. The molecule has 0 radical (unpaired) electrons. The molecular weight excluding hydrogens is 648 g/mol. The van der Waals surface area contributed by atoms with Crippen molar-refractivity contribution in [3.63, 3.8) is 0 Å². The first-order chi connectivity index (χ1) is 20.6. The molecule has 3 rings (SSSR count). The maximum atomic E-state index is 12.5. The van der Waals surface area contributed by atoms with Gasteiger partial charge in [-0.25, -0.2) is 9.11 Å². The van der Waals surface area contributed by atoms with E-state index in [0.29, 0.717) is 4.57 Å². The number of hydrogen-bond donors (Lipinski definition) is 7. The highest BCUT2D eigenvalue weighted by Gasteiger charge is 2.48. The van der Waals surface area contributed by atoms with E-state index >= 15 is 0 Å². The molecule has 24 heteroatoms. The lowest BCUT2D eigenvalue weighted by Gasteiger charge is -2.44. The number of phosphoric ester groups is 2. The second-order valence-electron chi connectivity index (χ2n) is 9.29. The lowest BCUT2D eigenvalue weighted by Crippen LogP contribution is -2.65. The van der Waals surface area contributed by atoms with Gasteiger partial charge in [0.15, 0.2) is 12.5 Å². The Bertz CT molecular complexity index is 1330. The van der Waals surface area contributed by atoms with E-state index in [1.165, 1.54) is 7.11 Å². The summed E-state index contributed by atoms with van der Waals surface area (Å²) in [6.07, 6.45) is -13.8. The zero-order valence-electron chi connectivity index (χ0n) is 22.7. The number of hydrogen-bond acceptors (Lipinski definition) is 19. The van der Waals surface area contributed by atoms with Crippen LogP contribution >= 0.6 is 15.6 Å². The molecule has 0 spiro atoms. The molecule has 1 amide bonds. The molecule has 2 fully saturated rings. The number of carbonyl (C=O) groups is 1. The van der Waals surface area contributed by atoms with Crippen LogP contribution in [0.2, 0.25) is 0 Å². The third-order valence-corrected chi connectivity index (χ3v) is 8.70. The van der Waals surface area contributed by atoms with Crippen LogP contribution in [0.4, 0.5) is 0 Å². The fraction of sp³-hybridized carbons (Fsp3) is 0.750. The number of methoxy groups -OCH3 is 1. The number of ether oxygens (including phenoxy) is 4. The summed E-state index contributed by atoms with van der Waals surface area (Å²) in [5, 5.41) is 52.5. The molecule has 2 aliphatic heterocycles. The molecular formula is C20H31N3O19P2-2. The van der Waals surface area contributed by atoms with Crippen molar-refractivity contribution >= 4 is 21.6 Å². The number of carbonyl (C=O) groups excluding carboxylic acids is 1. The van der Waals surface area contributed by atoms with Crippen LogP contribution in [0.1, 0.15) is 6.23 Å². The standard InChI is InChI=1S/C20H33N3O19P2/c1-36-4-5-37-8-12(26)21-13-16(29)14(27)9(6-24)40-19(13)41-44(34,35)42-43(32,33)38-7-10-15(28)17(30)18(39-10)23-3-2-11(25)22-20(23)31/h2-3,9-10,13-19,24,27-30H,4-8H2,1H3,(H,21,26)(H,32,33)(H,34,35)(H,22,25,31)/p-2/t9?,10?,13?,14-,15+,16+,17+,18?,19-/m0/s1. The number of H-pyrrole nitrogens is 1. The van der Waals surface area contributed by atoms with E-state index in [0.717, 1.165) is 12.3 Å². The molecule has 7 N–H and O–H groups in total. The predicted molar refractivity (Wildman–Crippen MR) is 133 cm³/mol. The Morgan fingerprint density at radius 3 is 2.36 bits per heavy atom. The zero-order chi connectivity index (χ0) is 32.8. The average Bonchev–Trinajstić information content (AvgIpc) is 3.22. The Morgan fingerprint density at radius 1 is 1.05 bits per heavy atom. The van der Waals surface area contributed by atoms with Gasteiger partial charge in [0.25, 0.3) is 21.2 Å². The molecule has 2 saturated heterocycles. The fourth-order valence-corrected chi connectivity index (χ4v) is 6.13. The van der Waals surface area contributed by atoms with Gasteiger partial charge in [-0.05, 0) is 0 Å². The summed E-state index contributed by atoms with van der Waals surface area (Å²) >= 11 is 0. The SMILES string of the molecule is COCCOCC(=O)NC1[C@H](OP(=O)([O-])OP(=O)([O-])OCC2OC(n3ccc(=O)[nH]c3=O)[C@H](O)[C@@H]2O)OC(CO)[C@H](O)[C@@H]1O. The Labute approximate surface area is 246 Å². The van der Waals surface area contributed by atoms with Gasteiger partial charge in [-0.3, -0.25) is 32.8 Å². The fourth-order valence-electron chi connectivity index (χ4n) is 4.04. The minimum atomic E-state index is -6.02. The molecule has 3 heterocycles. The molecule has 11 atom stereocenters. The number of amides is 1. The molecule has 22 nitrogen and oxygen atoms in total. The quantitative estimate of drug-likeness (QED) is 0.0669. The summed E-state index contributed by atoms with van der Waals surface area (Å²) in [6, 6.07) is -0.953. The maximum Gasteiger partial charge on any atom is 0.330 e. The van der Waals surface area contributed by atoms with Crippen LogP contribution in [0, 0.1) is 0 Å². The molecule has 6 unspecified atom stereocenters. The van der Waals surface area contributed by atoms with E-state index in [1.54, 1.807) is 0 Å². The highest BCUT2D eigenvalue weighted by atomic mass is 31.3. The third kappa shape index (κ3) is 9.53. The first kappa shape index (κ1) is 36.5. The second kappa shape index (κ2) is 15.6. The van der Waals surface area contributed by atoms with Crippen LogP contribution in [0.25, 0.3) is 0 Å². The first-order valence-electron chi connectivity index (χ1n) is 12.6. The molecule has 2 aliphatic rings.